The van der Waals surface area contributed by atoms with Crippen LogP contribution in [-0.4, -0.2) is 99.1 Å². The second kappa shape index (κ2) is 12.8. The van der Waals surface area contributed by atoms with Crippen LogP contribution in [0.2, 0.25) is 0 Å². The summed E-state index contributed by atoms with van der Waals surface area (Å²) in [4.78, 5) is 30.1. The second-order valence-corrected chi connectivity index (χ2v) is 13.2. The van der Waals surface area contributed by atoms with Crippen molar-refractivity contribution < 1.29 is 27.4 Å². The summed E-state index contributed by atoms with van der Waals surface area (Å²) in [7, 11) is 3.09. The van der Waals surface area contributed by atoms with Crippen LogP contribution in [0.5, 0.6) is 5.75 Å². The first-order valence-electron chi connectivity index (χ1n) is 16.7. The summed E-state index contributed by atoms with van der Waals surface area (Å²) < 4.78 is 57.1. The molecule has 3 aliphatic rings. The van der Waals surface area contributed by atoms with Crippen LogP contribution in [0, 0.1) is 0 Å². The molecule has 0 saturated carbocycles. The molecule has 3 aliphatic heterocycles. The number of anilines is 1. The monoisotopic (exact) mass is 686 g/mol. The highest BCUT2D eigenvalue weighted by atomic mass is 19.4. The van der Waals surface area contributed by atoms with Crippen molar-refractivity contribution in [1.82, 2.24) is 34.1 Å². The highest BCUT2D eigenvalue weighted by Crippen LogP contribution is 2.41. The van der Waals surface area contributed by atoms with Crippen LogP contribution in [0.4, 0.5) is 18.9 Å². The lowest BCUT2D eigenvalue weighted by Gasteiger charge is -2.43. The van der Waals surface area contributed by atoms with Gasteiger partial charge in [-0.2, -0.15) is 18.3 Å². The Bertz CT molecular complexity index is 2060. The maximum Gasteiger partial charge on any atom is 0.435 e. The molecule has 5 aromatic rings. The topological polar surface area (TPSA) is 93.8 Å². The minimum atomic E-state index is -4.67. The number of amides is 1. The Balaban J connectivity index is 1.19. The lowest BCUT2D eigenvalue weighted by Crippen LogP contribution is -2.57. The van der Waals surface area contributed by atoms with Gasteiger partial charge in [0, 0.05) is 100 Å². The van der Waals surface area contributed by atoms with Crippen LogP contribution < -0.4 is 9.64 Å². The molecule has 1 atom stereocenters. The van der Waals surface area contributed by atoms with Crippen LogP contribution in [0.3, 0.4) is 0 Å². The molecule has 260 valence electrons. The van der Waals surface area contributed by atoms with E-state index in [1.54, 1.807) is 49.1 Å². The largest absolute Gasteiger partial charge is 0.497 e. The standard InChI is InChI=1S/C36H37F3N8O3/c1-43-20-31(34(42-43)36(37,38)39)28-13-23(17-45-8-6-40-22-45)14-29-27(28)4-7-47(35(29)48)32-3-5-41-33-24(15-26(49-2)16-30(32)33)18-44-9-10-46-11-12-50-21-25(46)19-44/h3,5-6,8,13-16,20,22,25H,4,7,9-12,17-19,21H2,1-2H3/t25-/m0/s1. The van der Waals surface area contributed by atoms with E-state index in [1.807, 2.05) is 22.8 Å². The first-order chi connectivity index (χ1) is 24.2. The van der Waals surface area contributed by atoms with Crippen molar-refractivity contribution in [2.45, 2.75) is 31.7 Å². The van der Waals surface area contributed by atoms with Gasteiger partial charge in [0.2, 0.25) is 0 Å². The zero-order chi connectivity index (χ0) is 34.6. The average Bonchev–Trinajstić information content (AvgIpc) is 3.78. The number of morpholine rings is 1. The van der Waals surface area contributed by atoms with Crippen molar-refractivity contribution in [3.05, 3.63) is 89.4 Å². The van der Waals surface area contributed by atoms with Gasteiger partial charge >= 0.3 is 6.18 Å². The number of benzene rings is 2. The first-order valence-corrected chi connectivity index (χ1v) is 16.7. The number of nitrogens with zero attached hydrogens (tertiary/aromatic N) is 8. The Labute approximate surface area is 286 Å². The maximum atomic E-state index is 14.6. The van der Waals surface area contributed by atoms with E-state index >= 15 is 0 Å². The van der Waals surface area contributed by atoms with Gasteiger partial charge in [0.15, 0.2) is 5.69 Å². The Hall–Kier alpha value is -4.79. The van der Waals surface area contributed by atoms with Gasteiger partial charge in [0.05, 0.1) is 37.9 Å². The van der Waals surface area contributed by atoms with Gasteiger partial charge in [-0.05, 0) is 59.0 Å². The van der Waals surface area contributed by atoms with Crippen molar-refractivity contribution in [3.63, 3.8) is 0 Å². The number of rotatable bonds is 7. The SMILES string of the molecule is COc1cc(CN2CCN3CCOC[C@@H]3C2)c2nccc(N3CCc4c(cc(Cn5ccnc5)cc4-c4cn(C)nc4C(F)(F)F)C3=O)c2c1. The van der Waals surface area contributed by atoms with Gasteiger partial charge in [-0.1, -0.05) is 0 Å². The predicted octanol–water partition coefficient (Wildman–Crippen LogP) is 4.63. The number of halogens is 3. The van der Waals surface area contributed by atoms with Crippen molar-refractivity contribution in [2.24, 2.45) is 7.05 Å². The number of hydrogen-bond acceptors (Lipinski definition) is 8. The number of pyridine rings is 1. The number of hydrogen-bond donors (Lipinski definition) is 0. The number of piperazine rings is 1. The number of fused-ring (bicyclic) bond motifs is 3. The van der Waals surface area contributed by atoms with Gasteiger partial charge in [-0.3, -0.25) is 24.3 Å². The van der Waals surface area contributed by atoms with Crippen molar-refractivity contribution in [3.8, 4) is 16.9 Å². The van der Waals surface area contributed by atoms with Crippen LogP contribution in [0.1, 0.15) is 32.7 Å². The fourth-order valence-corrected chi connectivity index (χ4v) is 7.66. The molecule has 8 rings (SSSR count). The summed E-state index contributed by atoms with van der Waals surface area (Å²) in [5.41, 5.74) is 3.40. The molecule has 2 fully saturated rings. The van der Waals surface area contributed by atoms with Crippen molar-refractivity contribution >= 4 is 22.5 Å². The van der Waals surface area contributed by atoms with Gasteiger partial charge < -0.3 is 18.9 Å². The van der Waals surface area contributed by atoms with E-state index in [0.717, 1.165) is 55.9 Å². The van der Waals surface area contributed by atoms with Crippen molar-refractivity contribution in [2.75, 3.05) is 57.9 Å². The number of methoxy groups -OCH3 is 1. The first kappa shape index (κ1) is 32.4. The van der Waals surface area contributed by atoms with Gasteiger partial charge in [0.1, 0.15) is 5.75 Å². The lowest BCUT2D eigenvalue weighted by atomic mass is 9.87. The molecule has 0 aliphatic carbocycles. The van der Waals surface area contributed by atoms with E-state index in [4.69, 9.17) is 14.5 Å². The smallest absolute Gasteiger partial charge is 0.435 e. The van der Waals surface area contributed by atoms with Gasteiger partial charge in [-0.25, -0.2) is 4.98 Å². The molecule has 0 radical (unpaired) electrons. The number of ether oxygens (including phenoxy) is 2. The molecule has 2 saturated heterocycles. The molecule has 14 heteroatoms. The Morgan fingerprint density at radius 1 is 1.02 bits per heavy atom. The molecule has 0 bridgehead atoms. The minimum absolute atomic E-state index is 0.0469. The van der Waals surface area contributed by atoms with E-state index in [-0.39, 0.29) is 18.0 Å². The number of alkyl halides is 3. The van der Waals surface area contributed by atoms with E-state index in [1.165, 1.54) is 17.9 Å². The van der Waals surface area contributed by atoms with Crippen LogP contribution in [0.25, 0.3) is 22.0 Å². The summed E-state index contributed by atoms with van der Waals surface area (Å²) in [6, 6.07) is 9.63. The summed E-state index contributed by atoms with van der Waals surface area (Å²) in [6.07, 6.45) is 3.82. The molecule has 2 aromatic carbocycles. The summed E-state index contributed by atoms with van der Waals surface area (Å²) in [5.74, 6) is 0.370. The third-order valence-corrected chi connectivity index (χ3v) is 10.00. The summed E-state index contributed by atoms with van der Waals surface area (Å²) in [6.45, 7) is 6.50. The Morgan fingerprint density at radius 2 is 1.88 bits per heavy atom. The fourth-order valence-electron chi connectivity index (χ4n) is 7.66. The number of carbonyl (C=O) groups is 1. The number of imidazole rings is 1. The molecule has 11 nitrogen and oxygen atoms in total. The molecule has 0 N–H and O–H groups in total. The normalized spacial score (nSPS) is 18.8. The number of carbonyl (C=O) groups excluding carboxylic acids is 1. The van der Waals surface area contributed by atoms with Crippen molar-refractivity contribution in [1.29, 1.82) is 0 Å². The fraction of sp³-hybridized carbons (Fsp3) is 0.389. The average molecular weight is 687 g/mol. The van der Waals surface area contributed by atoms with Crippen LogP contribution in [-0.2, 0) is 37.5 Å². The van der Waals surface area contributed by atoms with Gasteiger partial charge in [0.25, 0.3) is 5.91 Å². The molecule has 0 unspecified atom stereocenters. The number of aryl methyl sites for hydroxylation is 1. The van der Waals surface area contributed by atoms with E-state index in [9.17, 15) is 18.0 Å². The zero-order valence-corrected chi connectivity index (χ0v) is 27.9. The molecule has 50 heavy (non-hydrogen) atoms. The summed E-state index contributed by atoms with van der Waals surface area (Å²) in [5, 5.41) is 4.54. The highest BCUT2D eigenvalue weighted by molar-refractivity contribution is 6.13. The van der Waals surface area contributed by atoms with E-state index < -0.39 is 11.9 Å². The van der Waals surface area contributed by atoms with Crippen LogP contribution >= 0.6 is 0 Å². The minimum Gasteiger partial charge on any atom is -0.497 e. The molecule has 3 aromatic heterocycles. The Morgan fingerprint density at radius 3 is 2.68 bits per heavy atom. The zero-order valence-electron chi connectivity index (χ0n) is 27.9. The third-order valence-electron chi connectivity index (χ3n) is 10.00. The molecular weight excluding hydrogens is 649 g/mol. The molecule has 0 spiro atoms. The Kier molecular flexibility index (Phi) is 8.32. The molecule has 1 amide bonds. The van der Waals surface area contributed by atoms with Crippen LogP contribution in [0.15, 0.2) is 61.4 Å². The number of aromatic nitrogens is 5. The summed E-state index contributed by atoms with van der Waals surface area (Å²) >= 11 is 0. The third kappa shape index (κ3) is 6.01. The van der Waals surface area contributed by atoms with Gasteiger partial charge in [-0.15, -0.1) is 0 Å². The highest BCUT2D eigenvalue weighted by Gasteiger charge is 2.39. The molecular formula is C36H37F3N8O3. The predicted molar refractivity (Wildman–Crippen MR) is 180 cm³/mol. The maximum absolute atomic E-state index is 14.6. The van der Waals surface area contributed by atoms with E-state index in [0.29, 0.717) is 59.2 Å². The second-order valence-electron chi connectivity index (χ2n) is 13.2. The molecule has 6 heterocycles. The van der Waals surface area contributed by atoms with E-state index in [2.05, 4.69) is 19.9 Å². The quantitative estimate of drug-likeness (QED) is 0.245. The lowest BCUT2D eigenvalue weighted by molar-refractivity contribution is -0.141.